The molecule has 2 rings (SSSR count). The lowest BCUT2D eigenvalue weighted by atomic mass is 10.3. The van der Waals surface area contributed by atoms with Crippen LogP contribution in [-0.4, -0.2) is 25.0 Å². The number of nitrogens with one attached hydrogen (secondary N) is 1. The first kappa shape index (κ1) is 12.7. The van der Waals surface area contributed by atoms with Crippen LogP contribution in [0.3, 0.4) is 0 Å². The minimum atomic E-state index is -4.47. The van der Waals surface area contributed by atoms with Gasteiger partial charge in [0.2, 0.25) is 10.1 Å². The van der Waals surface area contributed by atoms with E-state index in [1.807, 2.05) is 0 Å². The van der Waals surface area contributed by atoms with Crippen molar-refractivity contribution in [2.75, 3.05) is 5.32 Å². The van der Waals surface area contributed by atoms with Gasteiger partial charge in [0.25, 0.3) is 0 Å². The molecule has 0 fully saturated rings. The van der Waals surface area contributed by atoms with Crippen LogP contribution < -0.4 is 5.32 Å². The summed E-state index contributed by atoms with van der Waals surface area (Å²) in [5.41, 5.74) is 0. The van der Waals surface area contributed by atoms with E-state index in [1.54, 1.807) is 14.0 Å². The average Bonchev–Trinajstić information content (AvgIpc) is 2.85. The van der Waals surface area contributed by atoms with Gasteiger partial charge in [0.1, 0.15) is 12.2 Å². The molecule has 0 radical (unpaired) electrons. The van der Waals surface area contributed by atoms with Crippen LogP contribution in [0.25, 0.3) is 0 Å². The normalized spacial score (nSPS) is 13.6. The van der Waals surface area contributed by atoms with E-state index in [0.717, 1.165) is 0 Å². The second kappa shape index (κ2) is 4.52. The Balaban J connectivity index is 2.11. The molecular formula is C8H9F3N6S. The summed E-state index contributed by atoms with van der Waals surface area (Å²) < 4.78 is 38.5. The monoisotopic (exact) mass is 278 g/mol. The fourth-order valence-corrected chi connectivity index (χ4v) is 2.04. The highest BCUT2D eigenvalue weighted by molar-refractivity contribution is 7.15. The molecule has 0 saturated heterocycles. The van der Waals surface area contributed by atoms with E-state index in [9.17, 15) is 13.2 Å². The maximum Gasteiger partial charge on any atom is 0.445 e. The quantitative estimate of drug-likeness (QED) is 0.928. The van der Waals surface area contributed by atoms with Crippen molar-refractivity contribution in [1.82, 2.24) is 25.0 Å². The lowest BCUT2D eigenvalue weighted by Crippen LogP contribution is -2.12. The smallest absolute Gasteiger partial charge is 0.350 e. The second-order valence-corrected chi connectivity index (χ2v) is 4.50. The first-order valence-electron chi connectivity index (χ1n) is 4.89. The Morgan fingerprint density at radius 2 is 2.11 bits per heavy atom. The number of hydrogen-bond acceptors (Lipinski definition) is 6. The third-order valence-electron chi connectivity index (χ3n) is 2.14. The molecule has 1 atom stereocenters. The van der Waals surface area contributed by atoms with E-state index in [2.05, 4.69) is 25.6 Å². The van der Waals surface area contributed by atoms with Crippen molar-refractivity contribution >= 4 is 16.5 Å². The summed E-state index contributed by atoms with van der Waals surface area (Å²) in [7, 11) is 1.70. The molecule has 0 aliphatic rings. The van der Waals surface area contributed by atoms with Crippen LogP contribution in [0.15, 0.2) is 6.33 Å². The Hall–Kier alpha value is -1.71. The fourth-order valence-electron chi connectivity index (χ4n) is 1.34. The molecule has 0 aliphatic heterocycles. The Kier molecular flexibility index (Phi) is 3.20. The van der Waals surface area contributed by atoms with Crippen molar-refractivity contribution in [1.29, 1.82) is 0 Å². The summed E-state index contributed by atoms with van der Waals surface area (Å²) in [6, 6.07) is -0.313. The molecule has 0 aliphatic carbocycles. The van der Waals surface area contributed by atoms with Crippen molar-refractivity contribution in [3.8, 4) is 0 Å². The average molecular weight is 278 g/mol. The minimum Gasteiger partial charge on any atom is -0.350 e. The molecule has 98 valence electrons. The Morgan fingerprint density at radius 1 is 1.39 bits per heavy atom. The van der Waals surface area contributed by atoms with Gasteiger partial charge in [-0.1, -0.05) is 11.3 Å². The van der Waals surface area contributed by atoms with Crippen molar-refractivity contribution in [2.24, 2.45) is 7.05 Å². The van der Waals surface area contributed by atoms with Gasteiger partial charge in [-0.2, -0.15) is 18.3 Å². The predicted octanol–water partition coefficient (Wildman–Crippen LogP) is 1.86. The fraction of sp³-hybridized carbons (Fsp3) is 0.500. The van der Waals surface area contributed by atoms with Crippen LogP contribution in [0.1, 0.15) is 23.8 Å². The maximum absolute atomic E-state index is 12.3. The topological polar surface area (TPSA) is 68.5 Å². The van der Waals surface area contributed by atoms with Crippen molar-refractivity contribution in [3.63, 3.8) is 0 Å². The number of nitrogens with zero attached hydrogens (tertiary/aromatic N) is 5. The molecule has 0 aromatic carbocycles. The first-order chi connectivity index (χ1) is 8.38. The Bertz CT molecular complexity index is 533. The van der Waals surface area contributed by atoms with Gasteiger partial charge in [-0.15, -0.1) is 10.2 Å². The minimum absolute atomic E-state index is 0.0952. The molecule has 6 nitrogen and oxygen atoms in total. The highest BCUT2D eigenvalue weighted by Crippen LogP contribution is 2.33. The number of rotatable bonds is 3. The zero-order valence-corrected chi connectivity index (χ0v) is 10.2. The number of aromatic nitrogens is 5. The zero-order chi connectivity index (χ0) is 13.3. The molecule has 2 heterocycles. The summed E-state index contributed by atoms with van der Waals surface area (Å²) >= 11 is 0.455. The van der Waals surface area contributed by atoms with Crippen LogP contribution in [0, 0.1) is 0 Å². The highest BCUT2D eigenvalue weighted by atomic mass is 32.1. The molecule has 10 heteroatoms. The summed E-state index contributed by atoms with van der Waals surface area (Å²) in [6.07, 6.45) is -3.10. The van der Waals surface area contributed by atoms with Crippen LogP contribution in [0.2, 0.25) is 0 Å². The number of aryl methyl sites for hydroxylation is 1. The standard InChI is InChI=1S/C8H9F3N6S/c1-4(5-12-3-13-17(5)2)14-7-16-15-6(18-7)8(9,10)11/h3-4H,1-2H3,(H,14,16). The maximum atomic E-state index is 12.3. The molecule has 18 heavy (non-hydrogen) atoms. The summed E-state index contributed by atoms with van der Waals surface area (Å²) in [5.74, 6) is 0.596. The van der Waals surface area contributed by atoms with E-state index >= 15 is 0 Å². The van der Waals surface area contributed by atoms with E-state index in [4.69, 9.17) is 0 Å². The van der Waals surface area contributed by atoms with E-state index in [-0.39, 0.29) is 11.2 Å². The number of anilines is 1. The number of halogens is 3. The summed E-state index contributed by atoms with van der Waals surface area (Å²) in [5, 5.41) is 12.3. The summed E-state index contributed by atoms with van der Waals surface area (Å²) in [6.45, 7) is 1.75. The zero-order valence-electron chi connectivity index (χ0n) is 9.43. The van der Waals surface area contributed by atoms with Gasteiger partial charge < -0.3 is 5.32 Å². The lowest BCUT2D eigenvalue weighted by Gasteiger charge is -2.10. The molecule has 0 saturated carbocycles. The van der Waals surface area contributed by atoms with E-state index < -0.39 is 11.2 Å². The van der Waals surface area contributed by atoms with Gasteiger partial charge in [-0.3, -0.25) is 4.68 Å². The molecule has 1 N–H and O–H groups in total. The SMILES string of the molecule is CC(Nc1nnc(C(F)(F)F)s1)c1ncnn1C. The molecule has 2 aromatic heterocycles. The summed E-state index contributed by atoms with van der Waals surface area (Å²) in [4.78, 5) is 3.99. The molecule has 2 aromatic rings. The van der Waals surface area contributed by atoms with Gasteiger partial charge in [-0.25, -0.2) is 4.98 Å². The second-order valence-electron chi connectivity index (χ2n) is 3.52. The largest absolute Gasteiger partial charge is 0.445 e. The van der Waals surface area contributed by atoms with Gasteiger partial charge in [-0.05, 0) is 6.92 Å². The van der Waals surface area contributed by atoms with Gasteiger partial charge in [0.05, 0.1) is 6.04 Å². The molecule has 0 amide bonds. The number of alkyl halides is 3. The van der Waals surface area contributed by atoms with Crippen LogP contribution in [-0.2, 0) is 13.2 Å². The lowest BCUT2D eigenvalue weighted by molar-refractivity contribution is -0.138. The molecular weight excluding hydrogens is 269 g/mol. The van der Waals surface area contributed by atoms with E-state index in [1.165, 1.54) is 11.0 Å². The highest BCUT2D eigenvalue weighted by Gasteiger charge is 2.35. The molecule has 1 unspecified atom stereocenters. The predicted molar refractivity (Wildman–Crippen MR) is 58.0 cm³/mol. The van der Waals surface area contributed by atoms with Crippen LogP contribution in [0.4, 0.5) is 18.3 Å². The van der Waals surface area contributed by atoms with Gasteiger partial charge in [0, 0.05) is 7.05 Å². The van der Waals surface area contributed by atoms with Crippen molar-refractivity contribution < 1.29 is 13.2 Å². The van der Waals surface area contributed by atoms with Crippen molar-refractivity contribution in [3.05, 3.63) is 17.2 Å². The van der Waals surface area contributed by atoms with Crippen molar-refractivity contribution in [2.45, 2.75) is 19.1 Å². The van der Waals surface area contributed by atoms with Crippen LogP contribution in [0.5, 0.6) is 0 Å². The Morgan fingerprint density at radius 3 is 2.61 bits per heavy atom. The van der Waals surface area contributed by atoms with E-state index in [0.29, 0.717) is 17.2 Å². The third kappa shape index (κ3) is 2.58. The van der Waals surface area contributed by atoms with Gasteiger partial charge in [0.15, 0.2) is 0 Å². The Labute approximate surface area is 104 Å². The van der Waals surface area contributed by atoms with Crippen LogP contribution >= 0.6 is 11.3 Å². The number of hydrogen-bond donors (Lipinski definition) is 1. The molecule has 0 bridgehead atoms. The molecule has 0 spiro atoms. The first-order valence-corrected chi connectivity index (χ1v) is 5.70. The third-order valence-corrected chi connectivity index (χ3v) is 3.04. The van der Waals surface area contributed by atoms with Gasteiger partial charge >= 0.3 is 6.18 Å².